The molecule has 0 aromatic carbocycles. The van der Waals surface area contributed by atoms with Gasteiger partial charge in [0.2, 0.25) is 5.89 Å². The van der Waals surface area contributed by atoms with Crippen molar-refractivity contribution in [2.45, 2.75) is 39.2 Å². The Morgan fingerprint density at radius 3 is 2.94 bits per heavy atom. The van der Waals surface area contributed by atoms with Crippen molar-refractivity contribution in [3.63, 3.8) is 0 Å². The summed E-state index contributed by atoms with van der Waals surface area (Å²) in [6.07, 6.45) is 3.17. The van der Waals surface area contributed by atoms with Crippen molar-refractivity contribution in [3.8, 4) is 0 Å². The lowest BCUT2D eigenvalue weighted by atomic mass is 10.4. The Labute approximate surface area is 101 Å². The lowest BCUT2D eigenvalue weighted by Gasteiger charge is -2.09. The van der Waals surface area contributed by atoms with Crippen molar-refractivity contribution in [2.24, 2.45) is 4.99 Å². The molecule has 0 unspecified atom stereocenters. The molecule has 1 heterocycles. The summed E-state index contributed by atoms with van der Waals surface area (Å²) in [6, 6.07) is 0.610. The summed E-state index contributed by atoms with van der Waals surface area (Å²) >= 11 is 0. The molecule has 6 heteroatoms. The maximum Gasteiger partial charge on any atom is 0.228 e. The lowest BCUT2D eigenvalue weighted by molar-refractivity contribution is 0.376. The van der Waals surface area contributed by atoms with E-state index in [9.17, 15) is 0 Å². The fraction of sp³-hybridized carbons (Fsp3) is 0.727. The van der Waals surface area contributed by atoms with Gasteiger partial charge in [-0.05, 0) is 26.7 Å². The summed E-state index contributed by atoms with van der Waals surface area (Å²) in [7, 11) is 0. The SMILES string of the molecule is CCNC(=NCCc1nc(C)no1)NC1CC1. The van der Waals surface area contributed by atoms with Crippen LogP contribution < -0.4 is 10.6 Å². The van der Waals surface area contributed by atoms with Gasteiger partial charge in [-0.2, -0.15) is 4.98 Å². The summed E-state index contributed by atoms with van der Waals surface area (Å²) in [5.74, 6) is 2.20. The van der Waals surface area contributed by atoms with Gasteiger partial charge in [0.05, 0.1) is 6.54 Å². The van der Waals surface area contributed by atoms with E-state index in [1.54, 1.807) is 0 Å². The van der Waals surface area contributed by atoms with Gasteiger partial charge in [0.1, 0.15) is 0 Å². The third-order valence-corrected chi connectivity index (χ3v) is 2.43. The van der Waals surface area contributed by atoms with Crippen LogP contribution in [0.25, 0.3) is 0 Å². The van der Waals surface area contributed by atoms with Crippen molar-refractivity contribution in [1.82, 2.24) is 20.8 Å². The molecular formula is C11H19N5O. The molecule has 0 bridgehead atoms. The molecule has 17 heavy (non-hydrogen) atoms. The van der Waals surface area contributed by atoms with Crippen molar-refractivity contribution < 1.29 is 4.52 Å². The molecule has 6 nitrogen and oxygen atoms in total. The topological polar surface area (TPSA) is 75.3 Å². The minimum atomic E-state index is 0.610. The summed E-state index contributed by atoms with van der Waals surface area (Å²) in [5.41, 5.74) is 0. The van der Waals surface area contributed by atoms with Crippen LogP contribution in [0.4, 0.5) is 0 Å². The number of hydrogen-bond donors (Lipinski definition) is 2. The van der Waals surface area contributed by atoms with Gasteiger partial charge in [-0.3, -0.25) is 4.99 Å². The van der Waals surface area contributed by atoms with E-state index in [0.717, 1.165) is 12.5 Å². The van der Waals surface area contributed by atoms with Gasteiger partial charge in [-0.25, -0.2) is 0 Å². The van der Waals surface area contributed by atoms with E-state index >= 15 is 0 Å². The van der Waals surface area contributed by atoms with Crippen molar-refractivity contribution >= 4 is 5.96 Å². The molecular weight excluding hydrogens is 218 g/mol. The van der Waals surface area contributed by atoms with Crippen LogP contribution in [0, 0.1) is 6.92 Å². The Morgan fingerprint density at radius 2 is 2.35 bits per heavy atom. The maximum atomic E-state index is 5.03. The number of rotatable bonds is 5. The smallest absolute Gasteiger partial charge is 0.228 e. The second-order valence-electron chi connectivity index (χ2n) is 4.16. The number of aliphatic imine (C=N–C) groups is 1. The normalized spacial score (nSPS) is 16.0. The van der Waals surface area contributed by atoms with Gasteiger partial charge >= 0.3 is 0 Å². The Morgan fingerprint density at radius 1 is 1.53 bits per heavy atom. The highest BCUT2D eigenvalue weighted by atomic mass is 16.5. The standard InChI is InChI=1S/C11H19N5O/c1-3-12-11(15-9-4-5-9)13-7-6-10-14-8(2)16-17-10/h9H,3-7H2,1-2H3,(H2,12,13,15). The van der Waals surface area contributed by atoms with Crippen LogP contribution in [0.15, 0.2) is 9.52 Å². The molecule has 1 aromatic rings. The average Bonchev–Trinajstić information content (AvgIpc) is 3.01. The minimum Gasteiger partial charge on any atom is -0.357 e. The fourth-order valence-electron chi connectivity index (χ4n) is 1.45. The second kappa shape index (κ2) is 5.65. The molecule has 0 saturated heterocycles. The quantitative estimate of drug-likeness (QED) is 0.580. The van der Waals surface area contributed by atoms with Crippen LogP contribution >= 0.6 is 0 Å². The van der Waals surface area contributed by atoms with Crippen LogP contribution in [0.3, 0.4) is 0 Å². The molecule has 0 amide bonds. The Bertz CT molecular complexity index is 383. The van der Waals surface area contributed by atoms with Crippen LogP contribution in [0.5, 0.6) is 0 Å². The van der Waals surface area contributed by atoms with Crippen LogP contribution in [-0.2, 0) is 6.42 Å². The summed E-state index contributed by atoms with van der Waals surface area (Å²) in [4.78, 5) is 8.60. The molecule has 1 aromatic heterocycles. The van der Waals surface area contributed by atoms with Gasteiger partial charge in [0, 0.05) is 19.0 Å². The first-order valence-electron chi connectivity index (χ1n) is 6.12. The van der Waals surface area contributed by atoms with E-state index in [0.29, 0.717) is 30.7 Å². The van der Waals surface area contributed by atoms with E-state index in [2.05, 4.69) is 32.7 Å². The van der Waals surface area contributed by atoms with Crippen molar-refractivity contribution in [1.29, 1.82) is 0 Å². The highest BCUT2D eigenvalue weighted by Gasteiger charge is 2.21. The molecule has 94 valence electrons. The molecule has 1 fully saturated rings. The number of hydrogen-bond acceptors (Lipinski definition) is 4. The zero-order valence-corrected chi connectivity index (χ0v) is 10.4. The molecule has 0 atom stereocenters. The highest BCUT2D eigenvalue weighted by Crippen LogP contribution is 2.18. The van der Waals surface area contributed by atoms with E-state index in [1.807, 2.05) is 6.92 Å². The molecule has 1 aliphatic rings. The minimum absolute atomic E-state index is 0.610. The van der Waals surface area contributed by atoms with E-state index < -0.39 is 0 Å². The van der Waals surface area contributed by atoms with Gasteiger partial charge in [0.25, 0.3) is 0 Å². The third-order valence-electron chi connectivity index (χ3n) is 2.43. The molecule has 2 N–H and O–H groups in total. The predicted molar refractivity (Wildman–Crippen MR) is 64.9 cm³/mol. The Kier molecular flexibility index (Phi) is 3.95. The summed E-state index contributed by atoms with van der Waals surface area (Å²) in [6.45, 7) is 5.41. The van der Waals surface area contributed by atoms with Crippen molar-refractivity contribution in [2.75, 3.05) is 13.1 Å². The first kappa shape index (κ1) is 11.9. The molecule has 0 aliphatic heterocycles. The Balaban J connectivity index is 1.79. The number of nitrogens with one attached hydrogen (secondary N) is 2. The number of guanidine groups is 1. The predicted octanol–water partition coefficient (Wildman–Crippen LogP) is 0.638. The first-order chi connectivity index (χ1) is 8.28. The van der Waals surface area contributed by atoms with E-state index in [-0.39, 0.29) is 0 Å². The van der Waals surface area contributed by atoms with Gasteiger partial charge in [-0.1, -0.05) is 5.16 Å². The van der Waals surface area contributed by atoms with E-state index in [4.69, 9.17) is 4.52 Å². The summed E-state index contributed by atoms with van der Waals surface area (Å²) in [5, 5.41) is 10.3. The maximum absolute atomic E-state index is 5.03. The van der Waals surface area contributed by atoms with Gasteiger partial charge in [0.15, 0.2) is 11.8 Å². The second-order valence-corrected chi connectivity index (χ2v) is 4.16. The highest BCUT2D eigenvalue weighted by molar-refractivity contribution is 5.80. The number of aromatic nitrogens is 2. The lowest BCUT2D eigenvalue weighted by Crippen LogP contribution is -2.38. The van der Waals surface area contributed by atoms with Crippen LogP contribution in [-0.4, -0.2) is 35.2 Å². The molecule has 2 rings (SSSR count). The van der Waals surface area contributed by atoms with Crippen molar-refractivity contribution in [3.05, 3.63) is 11.7 Å². The fourth-order valence-corrected chi connectivity index (χ4v) is 1.45. The first-order valence-corrected chi connectivity index (χ1v) is 6.12. The molecule has 0 spiro atoms. The zero-order chi connectivity index (χ0) is 12.1. The van der Waals surface area contributed by atoms with Crippen LogP contribution in [0.1, 0.15) is 31.5 Å². The van der Waals surface area contributed by atoms with Gasteiger partial charge < -0.3 is 15.2 Å². The third kappa shape index (κ3) is 4.05. The van der Waals surface area contributed by atoms with Crippen LogP contribution in [0.2, 0.25) is 0 Å². The van der Waals surface area contributed by atoms with Gasteiger partial charge in [-0.15, -0.1) is 0 Å². The molecule has 1 aliphatic carbocycles. The zero-order valence-electron chi connectivity index (χ0n) is 10.4. The summed E-state index contributed by atoms with van der Waals surface area (Å²) < 4.78 is 5.03. The molecule has 0 radical (unpaired) electrons. The van der Waals surface area contributed by atoms with E-state index in [1.165, 1.54) is 12.8 Å². The monoisotopic (exact) mass is 237 g/mol. The number of aryl methyl sites for hydroxylation is 1. The Hall–Kier alpha value is -1.59. The molecule has 1 saturated carbocycles. The largest absolute Gasteiger partial charge is 0.357 e. The number of nitrogens with zero attached hydrogens (tertiary/aromatic N) is 3. The average molecular weight is 237 g/mol.